The van der Waals surface area contributed by atoms with Gasteiger partial charge in [0.05, 0.1) is 18.8 Å². The molecule has 1 amide bonds. The summed E-state index contributed by atoms with van der Waals surface area (Å²) in [5.74, 6) is -0.0276. The van der Waals surface area contributed by atoms with E-state index in [2.05, 4.69) is 19.2 Å². The molecule has 4 nitrogen and oxygen atoms in total. The van der Waals surface area contributed by atoms with Crippen LogP contribution in [-0.2, 0) is 4.79 Å². The first-order valence-electron chi connectivity index (χ1n) is 20.2. The standard InChI is InChI=1S/C40H81NO3/c1-3-5-7-9-11-13-15-17-18-19-20-21-22-23-24-26-28-30-32-34-36-40(44)41-38(37-42)39(43)35-33-31-29-27-25-16-14-12-10-8-6-4-2/h38-39,42-43H,3-37H2,1-2H3,(H,41,44). The number of aliphatic hydroxyl groups excluding tert-OH is 2. The van der Waals surface area contributed by atoms with Gasteiger partial charge in [-0.15, -0.1) is 0 Å². The van der Waals surface area contributed by atoms with Crippen LogP contribution in [0.1, 0.15) is 232 Å². The highest BCUT2D eigenvalue weighted by molar-refractivity contribution is 5.76. The van der Waals surface area contributed by atoms with Crippen molar-refractivity contribution in [2.75, 3.05) is 6.61 Å². The summed E-state index contributed by atoms with van der Waals surface area (Å²) in [6, 6.07) is -0.527. The Kier molecular flexibility index (Phi) is 36.3. The molecule has 0 aliphatic rings. The van der Waals surface area contributed by atoms with Crippen molar-refractivity contribution < 1.29 is 15.0 Å². The van der Waals surface area contributed by atoms with E-state index < -0.39 is 12.1 Å². The summed E-state index contributed by atoms with van der Waals surface area (Å²) >= 11 is 0. The van der Waals surface area contributed by atoms with Crippen LogP contribution in [0.5, 0.6) is 0 Å². The molecule has 0 spiro atoms. The second-order valence-electron chi connectivity index (χ2n) is 14.1. The molecule has 0 rings (SSSR count). The molecule has 0 aromatic heterocycles. The fourth-order valence-electron chi connectivity index (χ4n) is 6.48. The highest BCUT2D eigenvalue weighted by atomic mass is 16.3. The zero-order valence-electron chi connectivity index (χ0n) is 30.2. The van der Waals surface area contributed by atoms with Gasteiger partial charge in [-0.05, 0) is 12.8 Å². The molecule has 0 radical (unpaired) electrons. The molecule has 0 aliphatic carbocycles. The summed E-state index contributed by atoms with van der Waals surface area (Å²) in [4.78, 5) is 12.4. The van der Waals surface area contributed by atoms with Crippen molar-refractivity contribution in [3.8, 4) is 0 Å². The predicted octanol–water partition coefficient (Wildman–Crippen LogP) is 12.1. The highest BCUT2D eigenvalue weighted by Gasteiger charge is 2.19. The molecule has 0 heterocycles. The third-order valence-corrected chi connectivity index (χ3v) is 9.62. The zero-order valence-corrected chi connectivity index (χ0v) is 30.2. The van der Waals surface area contributed by atoms with Crippen molar-refractivity contribution in [1.29, 1.82) is 0 Å². The fraction of sp³-hybridized carbons (Fsp3) is 0.975. The van der Waals surface area contributed by atoms with Crippen LogP contribution >= 0.6 is 0 Å². The Labute approximate surface area is 276 Å². The summed E-state index contributed by atoms with van der Waals surface area (Å²) in [7, 11) is 0. The predicted molar refractivity (Wildman–Crippen MR) is 193 cm³/mol. The maximum Gasteiger partial charge on any atom is 0.220 e. The summed E-state index contributed by atoms with van der Waals surface area (Å²) in [6.45, 7) is 4.37. The van der Waals surface area contributed by atoms with Crippen molar-refractivity contribution in [3.63, 3.8) is 0 Å². The SMILES string of the molecule is CCCCCCCCCCCCCCCCCCCCCCC(=O)NC(CO)C(O)CCCCCCCCCCCCCC. The molecule has 0 aromatic rings. The van der Waals surface area contributed by atoms with Crippen LogP contribution in [0.2, 0.25) is 0 Å². The third kappa shape index (κ3) is 32.8. The van der Waals surface area contributed by atoms with E-state index in [1.54, 1.807) is 0 Å². The molecule has 0 fully saturated rings. The summed E-state index contributed by atoms with van der Waals surface area (Å²) in [6.07, 6.45) is 43.1. The van der Waals surface area contributed by atoms with E-state index >= 15 is 0 Å². The molecular weight excluding hydrogens is 542 g/mol. The number of nitrogens with one attached hydrogen (secondary N) is 1. The summed E-state index contributed by atoms with van der Waals surface area (Å²) in [5.41, 5.74) is 0. The lowest BCUT2D eigenvalue weighted by Crippen LogP contribution is -2.45. The van der Waals surface area contributed by atoms with Crippen molar-refractivity contribution >= 4 is 5.91 Å². The van der Waals surface area contributed by atoms with E-state index in [0.29, 0.717) is 12.8 Å². The molecule has 0 bridgehead atoms. The number of unbranched alkanes of at least 4 members (excludes halogenated alkanes) is 30. The van der Waals surface area contributed by atoms with Crippen LogP contribution in [0.25, 0.3) is 0 Å². The van der Waals surface area contributed by atoms with Gasteiger partial charge in [0.25, 0.3) is 0 Å². The van der Waals surface area contributed by atoms with E-state index in [-0.39, 0.29) is 12.5 Å². The van der Waals surface area contributed by atoms with Crippen LogP contribution in [0, 0.1) is 0 Å². The van der Waals surface area contributed by atoms with Crippen LogP contribution in [0.15, 0.2) is 0 Å². The lowest BCUT2D eigenvalue weighted by atomic mass is 10.0. The summed E-state index contributed by atoms with van der Waals surface area (Å²) in [5, 5.41) is 23.1. The van der Waals surface area contributed by atoms with Gasteiger partial charge >= 0.3 is 0 Å². The molecule has 0 saturated carbocycles. The Morgan fingerprint density at radius 1 is 0.455 bits per heavy atom. The van der Waals surface area contributed by atoms with Gasteiger partial charge in [0, 0.05) is 6.42 Å². The van der Waals surface area contributed by atoms with Gasteiger partial charge in [-0.2, -0.15) is 0 Å². The number of hydrogen-bond acceptors (Lipinski definition) is 3. The third-order valence-electron chi connectivity index (χ3n) is 9.62. The Morgan fingerprint density at radius 3 is 1.02 bits per heavy atom. The fourth-order valence-corrected chi connectivity index (χ4v) is 6.48. The minimum atomic E-state index is -0.651. The first-order valence-corrected chi connectivity index (χ1v) is 20.2. The van der Waals surface area contributed by atoms with Crippen LogP contribution in [0.4, 0.5) is 0 Å². The zero-order chi connectivity index (χ0) is 32.2. The molecule has 44 heavy (non-hydrogen) atoms. The number of aliphatic hydroxyl groups is 2. The monoisotopic (exact) mass is 624 g/mol. The summed E-state index contributed by atoms with van der Waals surface area (Å²) < 4.78 is 0. The molecule has 2 atom stereocenters. The van der Waals surface area contributed by atoms with Crippen molar-refractivity contribution in [2.24, 2.45) is 0 Å². The van der Waals surface area contributed by atoms with Gasteiger partial charge in [0.15, 0.2) is 0 Å². The Hall–Kier alpha value is -0.610. The first kappa shape index (κ1) is 43.4. The number of hydrogen-bond donors (Lipinski definition) is 3. The van der Waals surface area contributed by atoms with E-state index in [4.69, 9.17) is 0 Å². The smallest absolute Gasteiger partial charge is 0.220 e. The van der Waals surface area contributed by atoms with Crippen molar-refractivity contribution in [1.82, 2.24) is 5.32 Å². The van der Waals surface area contributed by atoms with Crippen LogP contribution < -0.4 is 5.32 Å². The number of carbonyl (C=O) groups is 1. The molecule has 264 valence electrons. The molecule has 0 aromatic carbocycles. The molecule has 4 heteroatoms. The first-order chi connectivity index (χ1) is 21.7. The van der Waals surface area contributed by atoms with Gasteiger partial charge in [0.2, 0.25) is 5.91 Å². The highest BCUT2D eigenvalue weighted by Crippen LogP contribution is 2.16. The minimum Gasteiger partial charge on any atom is -0.394 e. The maximum atomic E-state index is 12.4. The normalized spacial score (nSPS) is 12.9. The van der Waals surface area contributed by atoms with Crippen molar-refractivity contribution in [2.45, 2.75) is 244 Å². The van der Waals surface area contributed by atoms with Gasteiger partial charge in [0.1, 0.15) is 0 Å². The molecule has 0 aliphatic heterocycles. The van der Waals surface area contributed by atoms with E-state index in [1.165, 1.54) is 180 Å². The van der Waals surface area contributed by atoms with Gasteiger partial charge < -0.3 is 15.5 Å². The van der Waals surface area contributed by atoms with Crippen LogP contribution in [-0.4, -0.2) is 34.9 Å². The Bertz CT molecular complexity index is 555. The van der Waals surface area contributed by atoms with E-state index in [1.807, 2.05) is 0 Å². The average Bonchev–Trinajstić information content (AvgIpc) is 3.03. The lowest BCUT2D eigenvalue weighted by molar-refractivity contribution is -0.123. The van der Waals surface area contributed by atoms with Crippen molar-refractivity contribution in [3.05, 3.63) is 0 Å². The largest absolute Gasteiger partial charge is 0.394 e. The maximum absolute atomic E-state index is 12.4. The van der Waals surface area contributed by atoms with Gasteiger partial charge in [-0.3, -0.25) is 4.79 Å². The lowest BCUT2D eigenvalue weighted by Gasteiger charge is -2.22. The quantitative estimate of drug-likeness (QED) is 0.0603. The molecule has 0 saturated heterocycles. The number of rotatable bonds is 37. The number of carbonyl (C=O) groups excluding carboxylic acids is 1. The Balaban J connectivity index is 3.46. The minimum absolute atomic E-state index is 0.0276. The topological polar surface area (TPSA) is 69.6 Å². The Morgan fingerprint density at radius 2 is 0.727 bits per heavy atom. The molecule has 2 unspecified atom stereocenters. The molecular formula is C40H81NO3. The van der Waals surface area contributed by atoms with E-state index in [9.17, 15) is 15.0 Å². The second kappa shape index (κ2) is 36.9. The average molecular weight is 624 g/mol. The number of amides is 1. The van der Waals surface area contributed by atoms with Crippen LogP contribution in [0.3, 0.4) is 0 Å². The van der Waals surface area contributed by atoms with Gasteiger partial charge in [-0.25, -0.2) is 0 Å². The van der Waals surface area contributed by atoms with E-state index in [0.717, 1.165) is 25.7 Å². The second-order valence-corrected chi connectivity index (χ2v) is 14.1. The molecule has 3 N–H and O–H groups in total. The van der Waals surface area contributed by atoms with Gasteiger partial charge in [-0.1, -0.05) is 213 Å².